The third-order valence-corrected chi connectivity index (χ3v) is 22.4. The van der Waals surface area contributed by atoms with Crippen LogP contribution >= 0.6 is 0 Å². The van der Waals surface area contributed by atoms with Crippen LogP contribution in [0.4, 0.5) is 0 Å². The highest BCUT2D eigenvalue weighted by Crippen LogP contribution is 2.21. The average molecular weight is 1530 g/mol. The summed E-state index contributed by atoms with van der Waals surface area (Å²) >= 11 is 0. The minimum Gasteiger partial charge on any atom is -0.358 e. The second kappa shape index (κ2) is 64.9. The van der Waals surface area contributed by atoms with Gasteiger partial charge in [0.15, 0.2) is 0 Å². The summed E-state index contributed by atoms with van der Waals surface area (Å²) in [5, 5.41) is 23.6. The van der Waals surface area contributed by atoms with E-state index >= 15 is 0 Å². The molecule has 8 aliphatic rings. The number of nitrogens with one attached hydrogen (secondary N) is 8. The molecule has 8 heterocycles. The minimum atomic E-state index is 0.130. The molecule has 24 heteroatoms. The van der Waals surface area contributed by atoms with Crippen molar-refractivity contribution in [2.24, 2.45) is 0 Å². The van der Waals surface area contributed by atoms with Crippen molar-refractivity contribution in [2.45, 2.75) is 334 Å². The molecule has 8 atom stereocenters. The Morgan fingerprint density at radius 2 is 0.398 bits per heavy atom. The molecule has 0 aromatic heterocycles. The lowest BCUT2D eigenvalue weighted by Crippen LogP contribution is -2.41. The van der Waals surface area contributed by atoms with Crippen LogP contribution in [0, 0.1) is 0 Å². The van der Waals surface area contributed by atoms with Crippen LogP contribution in [-0.2, 0) is 38.4 Å². The zero-order chi connectivity index (χ0) is 80.3. The predicted octanol–water partition coefficient (Wildman–Crippen LogP) is 9.54. The Labute approximate surface area is 660 Å². The van der Waals surface area contributed by atoms with Gasteiger partial charge >= 0.3 is 0 Å². The Hall–Kier alpha value is -4.56. The van der Waals surface area contributed by atoms with E-state index in [4.69, 9.17) is 0 Å². The maximum atomic E-state index is 11.8. The van der Waals surface area contributed by atoms with Gasteiger partial charge in [-0.3, -0.25) is 77.6 Å². The van der Waals surface area contributed by atoms with Crippen LogP contribution in [0.25, 0.3) is 0 Å². The van der Waals surface area contributed by atoms with Crippen LogP contribution in [0.2, 0.25) is 0 Å². The van der Waals surface area contributed by atoms with Gasteiger partial charge in [0.1, 0.15) is 0 Å². The van der Waals surface area contributed by atoms with Crippen LogP contribution < -0.4 is 42.5 Å². The number of carbonyl (C=O) groups excluding carboxylic acids is 8. The van der Waals surface area contributed by atoms with Gasteiger partial charge in [-0.15, -0.1) is 0 Å². The predicted molar refractivity (Wildman–Crippen MR) is 447 cm³/mol. The molecule has 0 saturated carbocycles. The molecule has 632 valence electrons. The van der Waals surface area contributed by atoms with E-state index in [2.05, 4.69) is 123 Å². The highest BCUT2D eigenvalue weighted by Gasteiger charge is 2.33. The molecule has 8 N–H and O–H groups in total. The SMILES string of the molecule is CCCCCCCCNC(=O)[C@@H]1CCCN1C.CCCCCCCNC(=O)[C@@H]1CCCN1C.CCCCCCNC(=O)[C@@H]1CCCN1C.CCCCCNC(=O)[C@@H]1CCCN1C.CCCCNC(=O)[C@@H]1CCCN1C.CCCNC(=O)[C@@H]1CCCN1C.CCNC(=O)[C@@H]1CCCN1C.CNC(=O)[C@@H]1CCCN1C. The summed E-state index contributed by atoms with van der Waals surface area (Å²) in [6.07, 6.45) is 43.0. The lowest BCUT2D eigenvalue weighted by molar-refractivity contribution is -0.125. The summed E-state index contributed by atoms with van der Waals surface area (Å²) in [5.41, 5.74) is 0. The lowest BCUT2D eigenvalue weighted by Gasteiger charge is -2.18. The first kappa shape index (κ1) is 101. The molecular weight excluding hydrogens is 1360 g/mol. The topological polar surface area (TPSA) is 259 Å². The second-order valence-corrected chi connectivity index (χ2v) is 31.7. The Morgan fingerprint density at radius 1 is 0.222 bits per heavy atom. The molecule has 24 nitrogen and oxygen atoms in total. The van der Waals surface area contributed by atoms with E-state index in [0.717, 1.165) is 246 Å². The number of hydrogen-bond acceptors (Lipinski definition) is 16. The van der Waals surface area contributed by atoms with Crippen molar-refractivity contribution in [2.75, 3.05) is 162 Å². The van der Waals surface area contributed by atoms with E-state index in [0.29, 0.717) is 0 Å². The lowest BCUT2D eigenvalue weighted by atomic mass is 10.1. The second-order valence-electron chi connectivity index (χ2n) is 31.7. The maximum absolute atomic E-state index is 11.8. The molecular formula is C84H168N16O8. The van der Waals surface area contributed by atoms with E-state index in [9.17, 15) is 38.4 Å². The van der Waals surface area contributed by atoms with Crippen molar-refractivity contribution < 1.29 is 38.4 Å². The van der Waals surface area contributed by atoms with Crippen molar-refractivity contribution >= 4 is 47.3 Å². The van der Waals surface area contributed by atoms with Crippen molar-refractivity contribution in [3.63, 3.8) is 0 Å². The standard InChI is InChI=1S/C14H28N2O.C13H26N2O.C12H24N2O.C11H22N2O.C10H20N2O.C9H18N2O.C8H16N2O.C7H14N2O/c1-3-4-5-6-7-8-11-15-14(17)13-10-9-12-16(13)2;1-3-4-5-6-7-10-14-13(16)12-9-8-11-15(12)2;1-3-4-5-6-9-13-12(15)11-8-7-10-14(11)2;1-3-4-5-8-12-11(14)10-7-6-9-13(10)2;1-3-4-7-11-10(13)9-6-5-8-12(9)2;1-3-6-10-9(12)8-5-4-7-11(8)2;1-3-9-8(11)7-5-4-6-10(7)2;1-8-7(10)6-4-3-5-9(6)2/h13H,3-12H2,1-2H3,(H,15,17);12H,3-11H2,1-2H3,(H,14,16);11H,3-10H2,1-2H3,(H,13,15);10H,3-9H2,1-2H3,(H,12,14);9H,3-8H2,1-2H3,(H,11,13);8H,3-7H2,1-2H3,(H,10,12);7H,3-6H2,1-2H3,(H,9,11);6H,3-5H2,1-2H3,(H,8,10)/t13-;12-;11-;10-;9-;8-;7-;6-/m00000000/s1. The molecule has 0 aromatic rings. The fraction of sp³-hybridized carbons (Fsp3) is 0.905. The molecule has 8 aliphatic heterocycles. The van der Waals surface area contributed by atoms with Gasteiger partial charge in [-0.1, -0.05) is 138 Å². The third-order valence-electron chi connectivity index (χ3n) is 22.4. The fourth-order valence-corrected chi connectivity index (χ4v) is 15.1. The average Bonchev–Trinajstić information content (AvgIpc) is 2.15. The Balaban J connectivity index is 0.000000620. The van der Waals surface area contributed by atoms with Crippen LogP contribution in [0.15, 0.2) is 0 Å². The van der Waals surface area contributed by atoms with Crippen LogP contribution in [0.5, 0.6) is 0 Å². The van der Waals surface area contributed by atoms with Gasteiger partial charge in [0.2, 0.25) is 47.3 Å². The molecule has 0 unspecified atom stereocenters. The van der Waals surface area contributed by atoms with Crippen molar-refractivity contribution in [3.05, 3.63) is 0 Å². The van der Waals surface area contributed by atoms with Crippen molar-refractivity contribution in [1.82, 2.24) is 81.7 Å². The largest absolute Gasteiger partial charge is 0.358 e. The fourth-order valence-electron chi connectivity index (χ4n) is 15.1. The van der Waals surface area contributed by atoms with E-state index in [1.807, 2.05) is 63.3 Å². The zero-order valence-electron chi connectivity index (χ0n) is 72.2. The number of hydrogen-bond donors (Lipinski definition) is 8. The number of unbranched alkanes of at least 4 members (excludes halogenated alkanes) is 15. The van der Waals surface area contributed by atoms with Gasteiger partial charge in [0.05, 0.1) is 48.3 Å². The number of amides is 8. The zero-order valence-corrected chi connectivity index (χ0v) is 72.2. The number of nitrogens with zero attached hydrogens (tertiary/aromatic N) is 8. The van der Waals surface area contributed by atoms with Crippen molar-refractivity contribution in [1.29, 1.82) is 0 Å². The quantitative estimate of drug-likeness (QED) is 0.0272. The first-order valence-electron chi connectivity index (χ1n) is 43.8. The molecule has 8 fully saturated rings. The molecule has 0 spiro atoms. The van der Waals surface area contributed by atoms with Gasteiger partial charge in [0, 0.05) is 52.9 Å². The molecule has 8 amide bonds. The molecule has 8 saturated heterocycles. The van der Waals surface area contributed by atoms with Crippen LogP contribution in [-0.4, -0.2) is 296 Å². The Bertz CT molecular complexity index is 2350. The first-order valence-corrected chi connectivity index (χ1v) is 43.8. The van der Waals surface area contributed by atoms with Crippen LogP contribution in [0.1, 0.15) is 286 Å². The maximum Gasteiger partial charge on any atom is 0.237 e. The molecule has 108 heavy (non-hydrogen) atoms. The summed E-state index contributed by atoms with van der Waals surface area (Å²) in [7, 11) is 17.9. The van der Waals surface area contributed by atoms with Gasteiger partial charge in [0.25, 0.3) is 0 Å². The molecule has 0 bridgehead atoms. The highest BCUT2D eigenvalue weighted by molar-refractivity contribution is 5.85. The molecule has 0 aromatic carbocycles. The van der Waals surface area contributed by atoms with Crippen molar-refractivity contribution in [3.8, 4) is 0 Å². The smallest absolute Gasteiger partial charge is 0.237 e. The Morgan fingerprint density at radius 3 is 0.602 bits per heavy atom. The summed E-state index contributed by atoms with van der Waals surface area (Å²) in [6, 6.07) is 1.08. The molecule has 8 rings (SSSR count). The number of rotatable bonds is 36. The number of likely N-dealkylation sites (tertiary alicyclic amines) is 8. The van der Waals surface area contributed by atoms with E-state index in [-0.39, 0.29) is 95.6 Å². The van der Waals surface area contributed by atoms with Gasteiger partial charge in [-0.25, -0.2) is 0 Å². The molecule has 0 radical (unpaired) electrons. The highest BCUT2D eigenvalue weighted by atomic mass is 16.2. The van der Waals surface area contributed by atoms with E-state index in [1.165, 1.54) is 89.9 Å². The van der Waals surface area contributed by atoms with E-state index in [1.54, 1.807) is 7.05 Å². The summed E-state index contributed by atoms with van der Waals surface area (Å²) in [6.45, 7) is 29.3. The van der Waals surface area contributed by atoms with Gasteiger partial charge < -0.3 is 42.5 Å². The minimum absolute atomic E-state index is 0.130. The summed E-state index contributed by atoms with van der Waals surface area (Å²) in [4.78, 5) is 110. The van der Waals surface area contributed by atoms with Gasteiger partial charge in [-0.05, 0) is 257 Å². The Kier molecular flexibility index (Phi) is 61.0. The van der Waals surface area contributed by atoms with E-state index < -0.39 is 0 Å². The third kappa shape index (κ3) is 44.6. The molecule has 0 aliphatic carbocycles. The number of carbonyl (C=O) groups is 8. The summed E-state index contributed by atoms with van der Waals surface area (Å²) in [5.74, 6) is 1.68. The summed E-state index contributed by atoms with van der Waals surface area (Å²) < 4.78 is 0. The van der Waals surface area contributed by atoms with Gasteiger partial charge in [-0.2, -0.15) is 0 Å². The monoisotopic (exact) mass is 1530 g/mol. The first-order chi connectivity index (χ1) is 52.0. The normalized spacial score (nSPS) is 23.0. The number of likely N-dealkylation sites (N-methyl/N-ethyl adjacent to an activating group) is 10. The van der Waals surface area contributed by atoms with Crippen LogP contribution in [0.3, 0.4) is 0 Å².